The zero-order valence-corrected chi connectivity index (χ0v) is 40.0. The first kappa shape index (κ1) is 53.9. The Morgan fingerprint density at radius 1 is 0.567 bits per heavy atom. The van der Waals surface area contributed by atoms with Gasteiger partial charge >= 0.3 is 12.1 Å². The van der Waals surface area contributed by atoms with E-state index in [1.807, 2.05) is 11.8 Å². The normalized spacial score (nSPS) is 23.1. The molecule has 0 saturated carbocycles. The number of thioether (sulfide) groups is 2. The third-order valence-electron chi connectivity index (χ3n) is 11.7. The number of ketones is 1. The maximum Gasteiger partial charge on any atom is 0.315 e. The lowest BCUT2D eigenvalue weighted by Crippen LogP contribution is -2.37. The monoisotopic (exact) mass is 982 g/mol. The van der Waals surface area contributed by atoms with Gasteiger partial charge in [-0.3, -0.25) is 33.7 Å². The Kier molecular flexibility index (Phi) is 24.5. The Hall–Kier alpha value is -4.00. The maximum absolute atomic E-state index is 12.3. The summed E-state index contributed by atoms with van der Waals surface area (Å²) in [5.41, 5.74) is 0. The number of nitrogens with zero attached hydrogens (tertiary/aromatic N) is 1. The van der Waals surface area contributed by atoms with E-state index in [1.165, 1.54) is 0 Å². The van der Waals surface area contributed by atoms with Gasteiger partial charge in [-0.2, -0.15) is 23.5 Å². The van der Waals surface area contributed by atoms with E-state index in [-0.39, 0.29) is 104 Å². The number of amides is 9. The molecule has 0 aliphatic carbocycles. The van der Waals surface area contributed by atoms with Crippen molar-refractivity contribution in [2.45, 2.75) is 118 Å². The minimum absolute atomic E-state index is 0.0129. The van der Waals surface area contributed by atoms with Crippen LogP contribution in [0, 0.1) is 0 Å². The number of fused-ring (bicyclic) bond motifs is 2. The summed E-state index contributed by atoms with van der Waals surface area (Å²) in [6.07, 6.45) is 8.59. The number of urea groups is 2. The zero-order chi connectivity index (χ0) is 47.6. The van der Waals surface area contributed by atoms with Gasteiger partial charge in [0.1, 0.15) is 6.10 Å². The first-order valence-corrected chi connectivity index (χ1v) is 25.8. The summed E-state index contributed by atoms with van der Waals surface area (Å²) in [4.78, 5) is 96.4. The number of hydrogen-bond donors (Lipinski definition) is 7. The first-order chi connectivity index (χ1) is 32.5. The van der Waals surface area contributed by atoms with Crippen LogP contribution < -0.4 is 37.2 Å². The summed E-state index contributed by atoms with van der Waals surface area (Å²) < 4.78 is 29.1. The van der Waals surface area contributed by atoms with E-state index in [1.54, 1.807) is 11.8 Å². The van der Waals surface area contributed by atoms with Crippen LogP contribution in [0.1, 0.15) is 77.0 Å². The van der Waals surface area contributed by atoms with E-state index in [9.17, 15) is 38.4 Å². The van der Waals surface area contributed by atoms with Crippen molar-refractivity contribution in [2.75, 3.05) is 97.1 Å². The predicted octanol–water partition coefficient (Wildman–Crippen LogP) is 0.293. The fourth-order valence-electron chi connectivity index (χ4n) is 8.12. The molecule has 67 heavy (non-hydrogen) atoms. The zero-order valence-electron chi connectivity index (χ0n) is 38.4. The lowest BCUT2D eigenvalue weighted by atomic mass is 10.0. The second-order valence-electron chi connectivity index (χ2n) is 17.0. The minimum atomic E-state index is -0.512. The number of hydrogen-bond acceptors (Lipinski definition) is 15. The molecule has 5 aliphatic rings. The molecule has 0 aromatic heterocycles. The molecule has 0 radical (unpaired) electrons. The average Bonchev–Trinajstić information content (AvgIpc) is 4.12. The molecule has 0 spiro atoms. The van der Waals surface area contributed by atoms with Crippen LogP contribution in [0.4, 0.5) is 9.59 Å². The molecule has 0 aromatic rings. The van der Waals surface area contributed by atoms with E-state index in [4.69, 9.17) is 23.7 Å². The van der Waals surface area contributed by atoms with E-state index in [2.05, 4.69) is 37.2 Å². The molecular weight excluding hydrogens is 913 g/mol. The molecule has 0 bridgehead atoms. The van der Waals surface area contributed by atoms with Crippen LogP contribution in [0.2, 0.25) is 0 Å². The molecule has 376 valence electrons. The summed E-state index contributed by atoms with van der Waals surface area (Å²) in [6, 6.07) is 0.397. The van der Waals surface area contributed by atoms with Gasteiger partial charge < -0.3 is 60.9 Å². The van der Waals surface area contributed by atoms with Crippen molar-refractivity contribution >= 4 is 70.9 Å². The van der Waals surface area contributed by atoms with Crippen LogP contribution in [0.15, 0.2) is 12.2 Å². The Labute approximate surface area is 400 Å². The maximum atomic E-state index is 12.3. The van der Waals surface area contributed by atoms with Crippen molar-refractivity contribution in [1.29, 1.82) is 0 Å². The largest absolute Gasteiger partial charge is 0.379 e. The van der Waals surface area contributed by atoms with Crippen LogP contribution in [-0.2, 0) is 52.5 Å². The SMILES string of the molecule is O=C(CCCC(=O)NCCCOCC(COCCOCCCNC(=O)CCC1SCC2NC(=O)NC21)OCCOCCCNC(=O)CCCCC1SCC2NC(=O)NC21)CN1C(=O)C=CC1=O. The number of nitrogens with one attached hydrogen (secondary N) is 7. The number of ether oxygens (including phenoxy) is 5. The lowest BCUT2D eigenvalue weighted by Gasteiger charge is -2.19. The molecule has 7 N–H and O–H groups in total. The highest BCUT2D eigenvalue weighted by Crippen LogP contribution is 2.34. The molecule has 4 saturated heterocycles. The molecule has 7 unspecified atom stereocenters. The van der Waals surface area contributed by atoms with Gasteiger partial charge in [-0.25, -0.2) is 9.59 Å². The van der Waals surface area contributed by atoms with Gasteiger partial charge in [-0.05, 0) is 44.9 Å². The summed E-state index contributed by atoms with van der Waals surface area (Å²) in [7, 11) is 0. The van der Waals surface area contributed by atoms with Crippen LogP contribution in [-0.4, -0.2) is 190 Å². The molecule has 5 aliphatic heterocycles. The topological polar surface area (TPSA) is 270 Å². The van der Waals surface area contributed by atoms with Gasteiger partial charge in [0.05, 0.1) is 70.4 Å². The molecule has 5 rings (SSSR count). The molecule has 9 amide bonds. The Morgan fingerprint density at radius 2 is 1.06 bits per heavy atom. The Morgan fingerprint density at radius 3 is 1.66 bits per heavy atom. The van der Waals surface area contributed by atoms with Gasteiger partial charge in [-0.1, -0.05) is 6.42 Å². The van der Waals surface area contributed by atoms with Gasteiger partial charge in [0.15, 0.2) is 5.78 Å². The van der Waals surface area contributed by atoms with Crippen molar-refractivity contribution in [3.8, 4) is 0 Å². The number of carbonyl (C=O) groups excluding carboxylic acids is 8. The van der Waals surface area contributed by atoms with E-state index < -0.39 is 11.8 Å². The van der Waals surface area contributed by atoms with Gasteiger partial charge in [0, 0.05) is 99.3 Å². The summed E-state index contributed by atoms with van der Waals surface area (Å²) in [5.74, 6) is 0.283. The fraction of sp³-hybridized carbons (Fsp3) is 0.773. The summed E-state index contributed by atoms with van der Waals surface area (Å²) >= 11 is 3.67. The highest BCUT2D eigenvalue weighted by molar-refractivity contribution is 8.00. The van der Waals surface area contributed by atoms with Crippen LogP contribution in [0.3, 0.4) is 0 Å². The predicted molar refractivity (Wildman–Crippen MR) is 249 cm³/mol. The van der Waals surface area contributed by atoms with Crippen LogP contribution >= 0.6 is 23.5 Å². The Bertz CT molecular complexity index is 1660. The Balaban J connectivity index is 0.863. The average molecular weight is 983 g/mol. The highest BCUT2D eigenvalue weighted by Gasteiger charge is 2.43. The van der Waals surface area contributed by atoms with Crippen molar-refractivity contribution in [2.24, 2.45) is 0 Å². The molecule has 4 fully saturated rings. The standard InChI is InChI=1S/C44H70N8O13S2/c53-30(25-52-39(57)13-14-40(52)58)7-3-10-37(55)46-17-6-20-63-26-31(27-64-22-21-61-18-5-16-47-38(56)12-11-35-42-33(29-67-35)49-44(60)51-42)65-24-23-62-19-4-15-45-36(54)9-2-1-8-34-41-32(28-66-34)48-43(59)50-41/h13-14,31-35,41-42H,1-12,15-29H2,(H,45,54)(H,46,55)(H,47,56)(H2,48,50,59)(H2,49,51,60). The molecule has 0 aromatic carbocycles. The van der Waals surface area contributed by atoms with Crippen LogP contribution in [0.25, 0.3) is 0 Å². The quantitative estimate of drug-likeness (QED) is 0.0251. The second-order valence-corrected chi connectivity index (χ2v) is 19.5. The van der Waals surface area contributed by atoms with E-state index in [0.717, 1.165) is 47.8 Å². The van der Waals surface area contributed by atoms with E-state index >= 15 is 0 Å². The molecule has 21 nitrogen and oxygen atoms in total. The first-order valence-electron chi connectivity index (χ1n) is 23.7. The molecule has 23 heteroatoms. The summed E-state index contributed by atoms with van der Waals surface area (Å²) in [5, 5.41) is 21.1. The number of carbonyl (C=O) groups is 8. The number of Topliss-reactive ketones (excluding diaryl/α,β-unsaturated/α-hetero) is 1. The van der Waals surface area contributed by atoms with Gasteiger partial charge in [0.25, 0.3) is 11.8 Å². The third kappa shape index (κ3) is 20.2. The van der Waals surface area contributed by atoms with Crippen LogP contribution in [0.5, 0.6) is 0 Å². The van der Waals surface area contributed by atoms with E-state index in [0.29, 0.717) is 116 Å². The number of unbranched alkanes of at least 4 members (excludes halogenated alkanes) is 1. The van der Waals surface area contributed by atoms with Crippen molar-refractivity contribution in [1.82, 2.24) is 42.1 Å². The van der Waals surface area contributed by atoms with Crippen molar-refractivity contribution in [3.63, 3.8) is 0 Å². The fourth-order valence-corrected chi connectivity index (χ4v) is 11.2. The van der Waals surface area contributed by atoms with Gasteiger partial charge in [-0.15, -0.1) is 0 Å². The molecular formula is C44H70N8O13S2. The number of rotatable bonds is 37. The second kappa shape index (κ2) is 30.5. The highest BCUT2D eigenvalue weighted by atomic mass is 32.2. The third-order valence-corrected chi connectivity index (χ3v) is 14.7. The van der Waals surface area contributed by atoms with Crippen molar-refractivity contribution in [3.05, 3.63) is 12.2 Å². The minimum Gasteiger partial charge on any atom is -0.379 e. The molecule has 5 heterocycles. The molecule has 7 atom stereocenters. The lowest BCUT2D eigenvalue weighted by molar-refractivity contribution is -0.140. The van der Waals surface area contributed by atoms with Crippen molar-refractivity contribution < 1.29 is 62.0 Å². The smallest absolute Gasteiger partial charge is 0.315 e. The summed E-state index contributed by atoms with van der Waals surface area (Å²) in [6.45, 7) is 4.26. The number of imide groups is 1. The van der Waals surface area contributed by atoms with Gasteiger partial charge in [0.2, 0.25) is 17.7 Å².